The van der Waals surface area contributed by atoms with Crippen LogP contribution in [-0.2, 0) is 9.53 Å². The average Bonchev–Trinajstić information content (AvgIpc) is 2.46. The van der Waals surface area contributed by atoms with Gasteiger partial charge in [-0.15, -0.1) is 0 Å². The van der Waals surface area contributed by atoms with Crippen molar-refractivity contribution in [2.45, 2.75) is 19.3 Å². The molecule has 1 N–H and O–H groups in total. The molecule has 5 heteroatoms. The first-order valence-electron chi connectivity index (χ1n) is 6.41. The summed E-state index contributed by atoms with van der Waals surface area (Å²) in [5.74, 6) is -0.996. The highest BCUT2D eigenvalue weighted by Gasteiger charge is 2.19. The van der Waals surface area contributed by atoms with Crippen LogP contribution in [0.5, 0.6) is 5.75 Å². The fourth-order valence-corrected chi connectivity index (χ4v) is 2.09. The molecule has 1 aromatic carbocycles. The van der Waals surface area contributed by atoms with Gasteiger partial charge in [-0.05, 0) is 31.4 Å². The number of benzene rings is 1. The number of esters is 1. The highest BCUT2D eigenvalue weighted by atomic mass is 16.5. The smallest absolute Gasteiger partial charge is 0.342 e. The van der Waals surface area contributed by atoms with Crippen molar-refractivity contribution in [3.63, 3.8) is 0 Å². The fraction of sp³-hybridized carbons (Fsp3) is 0.429. The quantitative estimate of drug-likeness (QED) is 0.840. The topological polar surface area (TPSA) is 66.8 Å². The number of hydrogen-bond donors (Lipinski definition) is 1. The van der Waals surface area contributed by atoms with E-state index in [9.17, 15) is 14.7 Å². The van der Waals surface area contributed by atoms with Gasteiger partial charge in [0.05, 0.1) is 0 Å². The fourth-order valence-electron chi connectivity index (χ4n) is 2.09. The van der Waals surface area contributed by atoms with Crippen LogP contribution in [0.25, 0.3) is 0 Å². The summed E-state index contributed by atoms with van der Waals surface area (Å²) in [6, 6.07) is 6.11. The number of carbonyl (C=O) groups excluding carboxylic acids is 2. The second-order valence-corrected chi connectivity index (χ2v) is 4.53. The lowest BCUT2D eigenvalue weighted by atomic mass is 10.1. The molecule has 0 aromatic heterocycles. The maximum Gasteiger partial charge on any atom is 0.342 e. The standard InChI is InChI=1S/C14H17NO4/c16-12-7-3-2-6-11(12)14(18)19-10-13(17)15-8-4-1-5-9-15/h2-3,6-7,16H,1,4-5,8-10H2. The molecular weight excluding hydrogens is 246 g/mol. The zero-order valence-electron chi connectivity index (χ0n) is 10.7. The number of phenolic OH excluding ortho intramolecular Hbond substituents is 1. The van der Waals surface area contributed by atoms with E-state index in [0.717, 1.165) is 32.4 Å². The third-order valence-corrected chi connectivity index (χ3v) is 3.16. The maximum atomic E-state index is 11.8. The van der Waals surface area contributed by atoms with Gasteiger partial charge in [0.25, 0.3) is 5.91 Å². The number of carbonyl (C=O) groups is 2. The van der Waals surface area contributed by atoms with E-state index < -0.39 is 5.97 Å². The first kappa shape index (κ1) is 13.4. The van der Waals surface area contributed by atoms with E-state index in [1.54, 1.807) is 17.0 Å². The summed E-state index contributed by atoms with van der Waals surface area (Å²) in [6.07, 6.45) is 3.14. The SMILES string of the molecule is O=C(OCC(=O)N1CCCCC1)c1ccccc1O. The van der Waals surface area contributed by atoms with Crippen molar-refractivity contribution >= 4 is 11.9 Å². The van der Waals surface area contributed by atoms with E-state index in [-0.39, 0.29) is 23.8 Å². The highest BCUT2D eigenvalue weighted by Crippen LogP contribution is 2.16. The monoisotopic (exact) mass is 263 g/mol. The second kappa shape index (κ2) is 6.22. The van der Waals surface area contributed by atoms with Crippen LogP contribution in [-0.4, -0.2) is 41.6 Å². The summed E-state index contributed by atoms with van der Waals surface area (Å²) in [5.41, 5.74) is 0.0777. The van der Waals surface area contributed by atoms with Crippen LogP contribution in [0.2, 0.25) is 0 Å². The van der Waals surface area contributed by atoms with E-state index in [0.29, 0.717) is 0 Å². The Bertz CT molecular complexity index is 466. The Hall–Kier alpha value is -2.04. The average molecular weight is 263 g/mol. The second-order valence-electron chi connectivity index (χ2n) is 4.53. The van der Waals surface area contributed by atoms with Crippen LogP contribution in [0.15, 0.2) is 24.3 Å². The number of nitrogens with zero attached hydrogens (tertiary/aromatic N) is 1. The number of ether oxygens (including phenoxy) is 1. The van der Waals surface area contributed by atoms with E-state index in [1.165, 1.54) is 12.1 Å². The molecule has 1 heterocycles. The number of hydrogen-bond acceptors (Lipinski definition) is 4. The lowest BCUT2D eigenvalue weighted by Crippen LogP contribution is -2.38. The number of phenols is 1. The summed E-state index contributed by atoms with van der Waals surface area (Å²) in [5, 5.41) is 9.50. The lowest BCUT2D eigenvalue weighted by molar-refractivity contribution is -0.135. The van der Waals surface area contributed by atoms with E-state index in [1.807, 2.05) is 0 Å². The molecule has 0 spiro atoms. The first-order chi connectivity index (χ1) is 9.18. The Kier molecular flexibility index (Phi) is 4.39. The Morgan fingerprint density at radius 1 is 1.16 bits per heavy atom. The van der Waals surface area contributed by atoms with Gasteiger partial charge in [-0.3, -0.25) is 4.79 Å². The number of piperidine rings is 1. The van der Waals surface area contributed by atoms with Gasteiger partial charge in [0.15, 0.2) is 6.61 Å². The third-order valence-electron chi connectivity index (χ3n) is 3.16. The minimum atomic E-state index is -0.677. The minimum absolute atomic E-state index is 0.0777. The molecule has 2 rings (SSSR count). The molecular formula is C14H17NO4. The molecule has 102 valence electrons. The summed E-state index contributed by atoms with van der Waals surface area (Å²) in [6.45, 7) is 1.19. The predicted octanol–water partition coefficient (Wildman–Crippen LogP) is 1.56. The zero-order valence-corrected chi connectivity index (χ0v) is 10.7. The van der Waals surface area contributed by atoms with Crippen molar-refractivity contribution < 1.29 is 19.4 Å². The molecule has 0 unspecified atom stereocenters. The van der Waals surface area contributed by atoms with Crippen LogP contribution in [0.3, 0.4) is 0 Å². The molecule has 0 saturated carbocycles. The van der Waals surface area contributed by atoms with Crippen LogP contribution in [0.1, 0.15) is 29.6 Å². The van der Waals surface area contributed by atoms with Gasteiger partial charge in [0, 0.05) is 13.1 Å². The van der Waals surface area contributed by atoms with Gasteiger partial charge in [-0.25, -0.2) is 4.79 Å². The molecule has 1 amide bonds. The molecule has 0 radical (unpaired) electrons. The molecule has 5 nitrogen and oxygen atoms in total. The minimum Gasteiger partial charge on any atom is -0.507 e. The number of amides is 1. The molecule has 1 aliphatic rings. The highest BCUT2D eigenvalue weighted by molar-refractivity contribution is 5.93. The number of rotatable bonds is 3. The van der Waals surface area contributed by atoms with Crippen molar-refractivity contribution in [1.82, 2.24) is 4.90 Å². The largest absolute Gasteiger partial charge is 0.507 e. The summed E-state index contributed by atoms with van der Waals surface area (Å²) >= 11 is 0. The molecule has 1 fully saturated rings. The van der Waals surface area contributed by atoms with Crippen LogP contribution in [0, 0.1) is 0 Å². The van der Waals surface area contributed by atoms with Crippen molar-refractivity contribution in [2.75, 3.05) is 19.7 Å². The lowest BCUT2D eigenvalue weighted by Gasteiger charge is -2.26. The number of aromatic hydroxyl groups is 1. The summed E-state index contributed by atoms with van der Waals surface area (Å²) in [4.78, 5) is 25.2. The van der Waals surface area contributed by atoms with Gasteiger partial charge < -0.3 is 14.7 Å². The maximum absolute atomic E-state index is 11.8. The van der Waals surface area contributed by atoms with Gasteiger partial charge >= 0.3 is 5.97 Å². The van der Waals surface area contributed by atoms with Crippen molar-refractivity contribution in [1.29, 1.82) is 0 Å². The first-order valence-corrected chi connectivity index (χ1v) is 6.41. The Balaban J connectivity index is 1.86. The predicted molar refractivity (Wildman–Crippen MR) is 68.8 cm³/mol. The molecule has 0 atom stereocenters. The van der Waals surface area contributed by atoms with Crippen molar-refractivity contribution in [2.24, 2.45) is 0 Å². The molecule has 19 heavy (non-hydrogen) atoms. The summed E-state index contributed by atoms with van der Waals surface area (Å²) < 4.78 is 4.93. The van der Waals surface area contributed by atoms with Crippen molar-refractivity contribution in [3.05, 3.63) is 29.8 Å². The Morgan fingerprint density at radius 2 is 1.84 bits per heavy atom. The number of para-hydroxylation sites is 1. The van der Waals surface area contributed by atoms with Gasteiger partial charge in [0.2, 0.25) is 0 Å². The van der Waals surface area contributed by atoms with E-state index in [2.05, 4.69) is 0 Å². The number of likely N-dealkylation sites (tertiary alicyclic amines) is 1. The molecule has 1 aromatic rings. The zero-order chi connectivity index (χ0) is 13.7. The van der Waals surface area contributed by atoms with Gasteiger partial charge in [-0.1, -0.05) is 12.1 Å². The van der Waals surface area contributed by atoms with Crippen LogP contribution >= 0.6 is 0 Å². The van der Waals surface area contributed by atoms with Crippen LogP contribution < -0.4 is 0 Å². The van der Waals surface area contributed by atoms with E-state index >= 15 is 0 Å². The van der Waals surface area contributed by atoms with Crippen molar-refractivity contribution in [3.8, 4) is 5.75 Å². The third kappa shape index (κ3) is 3.47. The Morgan fingerprint density at radius 3 is 2.53 bits per heavy atom. The normalized spacial score (nSPS) is 15.1. The summed E-state index contributed by atoms with van der Waals surface area (Å²) in [7, 11) is 0. The molecule has 1 aliphatic heterocycles. The van der Waals surface area contributed by atoms with Crippen LogP contribution in [0.4, 0.5) is 0 Å². The molecule has 0 aliphatic carbocycles. The Labute approximate surface area is 111 Å². The van der Waals surface area contributed by atoms with Gasteiger partial charge in [-0.2, -0.15) is 0 Å². The molecule has 1 saturated heterocycles. The van der Waals surface area contributed by atoms with E-state index in [4.69, 9.17) is 4.74 Å². The van der Waals surface area contributed by atoms with Gasteiger partial charge in [0.1, 0.15) is 11.3 Å². The molecule has 0 bridgehead atoms.